The third-order valence-electron chi connectivity index (χ3n) is 3.02. The van der Waals surface area contributed by atoms with Crippen molar-refractivity contribution in [3.05, 3.63) is 22.4 Å². The number of likely N-dealkylation sites (N-methyl/N-ethyl adjacent to an activating group) is 1. The van der Waals surface area contributed by atoms with E-state index in [2.05, 4.69) is 10.6 Å². The minimum atomic E-state index is -0.0874. The molecule has 0 fully saturated rings. The van der Waals surface area contributed by atoms with Crippen molar-refractivity contribution in [3.63, 3.8) is 0 Å². The largest absolute Gasteiger partial charge is 0.385 e. The smallest absolute Gasteiger partial charge is 0.234 e. The van der Waals surface area contributed by atoms with Crippen LogP contribution in [-0.2, 0) is 14.3 Å². The number of ether oxygens (including phenoxy) is 1. The van der Waals surface area contributed by atoms with Gasteiger partial charge >= 0.3 is 0 Å². The van der Waals surface area contributed by atoms with Crippen LogP contribution in [0.3, 0.4) is 0 Å². The Morgan fingerprint density at radius 1 is 1.36 bits per heavy atom. The molecule has 0 spiro atoms. The minimum Gasteiger partial charge on any atom is -0.385 e. The first-order chi connectivity index (χ1) is 10.5. The predicted octanol–water partition coefficient (Wildman–Crippen LogP) is 1.01. The molecule has 2 amide bonds. The van der Waals surface area contributed by atoms with Gasteiger partial charge in [-0.25, -0.2) is 0 Å². The van der Waals surface area contributed by atoms with Gasteiger partial charge in [-0.15, -0.1) is 11.3 Å². The van der Waals surface area contributed by atoms with Crippen LogP contribution in [-0.4, -0.2) is 57.1 Å². The highest BCUT2D eigenvalue weighted by Crippen LogP contribution is 2.17. The highest BCUT2D eigenvalue weighted by molar-refractivity contribution is 7.10. The van der Waals surface area contributed by atoms with Crippen molar-refractivity contribution in [1.82, 2.24) is 15.5 Å². The third kappa shape index (κ3) is 7.53. The molecule has 1 atom stereocenters. The average molecular weight is 327 g/mol. The maximum atomic E-state index is 11.9. The lowest BCUT2D eigenvalue weighted by Crippen LogP contribution is -2.41. The van der Waals surface area contributed by atoms with Crippen LogP contribution in [0.25, 0.3) is 0 Å². The molecular formula is C15H25N3O3S. The second-order valence-corrected chi connectivity index (χ2v) is 6.15. The number of thiophene rings is 1. The molecule has 1 aromatic rings. The first-order valence-electron chi connectivity index (χ1n) is 7.30. The second-order valence-electron chi connectivity index (χ2n) is 5.17. The van der Waals surface area contributed by atoms with Gasteiger partial charge in [0.05, 0.1) is 19.1 Å². The van der Waals surface area contributed by atoms with Crippen LogP contribution in [0.15, 0.2) is 17.5 Å². The van der Waals surface area contributed by atoms with Gasteiger partial charge in [-0.05, 0) is 31.8 Å². The number of hydrogen-bond acceptors (Lipinski definition) is 5. The van der Waals surface area contributed by atoms with E-state index in [-0.39, 0.29) is 30.9 Å². The number of rotatable bonds is 10. The molecule has 1 unspecified atom stereocenters. The Bertz CT molecular complexity index is 451. The van der Waals surface area contributed by atoms with Crippen LogP contribution in [0, 0.1) is 0 Å². The van der Waals surface area contributed by atoms with E-state index in [1.165, 1.54) is 0 Å². The lowest BCUT2D eigenvalue weighted by molar-refractivity contribution is -0.124. The van der Waals surface area contributed by atoms with Crippen LogP contribution in [0.1, 0.15) is 24.3 Å². The summed E-state index contributed by atoms with van der Waals surface area (Å²) in [6, 6.07) is 3.94. The van der Waals surface area contributed by atoms with Gasteiger partial charge in [0, 0.05) is 25.1 Å². The van der Waals surface area contributed by atoms with Crippen molar-refractivity contribution in [2.45, 2.75) is 19.4 Å². The lowest BCUT2D eigenvalue weighted by atomic mass is 10.2. The van der Waals surface area contributed by atoms with Gasteiger partial charge in [-0.2, -0.15) is 0 Å². The summed E-state index contributed by atoms with van der Waals surface area (Å²) in [5, 5.41) is 7.71. The summed E-state index contributed by atoms with van der Waals surface area (Å²) in [6.07, 6.45) is 0.783. The normalized spacial score (nSPS) is 12.2. The van der Waals surface area contributed by atoms with Crippen molar-refractivity contribution in [3.8, 4) is 0 Å². The van der Waals surface area contributed by atoms with Crippen LogP contribution in [0.2, 0.25) is 0 Å². The van der Waals surface area contributed by atoms with Gasteiger partial charge in [0.2, 0.25) is 11.8 Å². The SMILES string of the molecule is COCCCNC(=O)CN(C)CC(=O)NC(C)c1cccs1. The molecule has 22 heavy (non-hydrogen) atoms. The minimum absolute atomic E-state index is 0.0104. The van der Waals surface area contributed by atoms with Gasteiger partial charge in [0.15, 0.2) is 0 Å². The summed E-state index contributed by atoms with van der Waals surface area (Å²) in [4.78, 5) is 26.4. The maximum absolute atomic E-state index is 11.9. The number of nitrogens with zero attached hydrogens (tertiary/aromatic N) is 1. The Balaban J connectivity index is 2.21. The number of carbonyl (C=O) groups excluding carboxylic acids is 2. The number of methoxy groups -OCH3 is 1. The highest BCUT2D eigenvalue weighted by Gasteiger charge is 2.13. The van der Waals surface area contributed by atoms with Crippen molar-refractivity contribution in [2.24, 2.45) is 0 Å². The number of amides is 2. The molecule has 1 rings (SSSR count). The monoisotopic (exact) mass is 327 g/mol. The Labute approximate surface area is 135 Å². The van der Waals surface area contributed by atoms with Gasteiger partial charge in [0.25, 0.3) is 0 Å². The molecule has 0 saturated carbocycles. The van der Waals surface area contributed by atoms with E-state index in [0.717, 1.165) is 11.3 Å². The second kappa shape index (κ2) is 10.3. The van der Waals surface area contributed by atoms with Crippen LogP contribution in [0.4, 0.5) is 0 Å². The zero-order chi connectivity index (χ0) is 16.4. The lowest BCUT2D eigenvalue weighted by Gasteiger charge is -2.18. The Kier molecular flexibility index (Phi) is 8.72. The summed E-state index contributed by atoms with van der Waals surface area (Å²) in [7, 11) is 3.38. The fourth-order valence-corrected chi connectivity index (χ4v) is 2.68. The summed E-state index contributed by atoms with van der Waals surface area (Å²) in [5.74, 6) is -0.173. The molecule has 1 aromatic heterocycles. The standard InChI is InChI=1S/C15H25N3O3S/c1-12(13-6-4-9-22-13)17-15(20)11-18(2)10-14(19)16-7-5-8-21-3/h4,6,9,12H,5,7-8,10-11H2,1-3H3,(H,16,19)(H,17,20). The van der Waals surface area contributed by atoms with E-state index in [4.69, 9.17) is 4.74 Å². The fraction of sp³-hybridized carbons (Fsp3) is 0.600. The van der Waals surface area contributed by atoms with E-state index >= 15 is 0 Å². The van der Waals surface area contributed by atoms with E-state index in [1.807, 2.05) is 24.4 Å². The Morgan fingerprint density at radius 2 is 2.09 bits per heavy atom. The molecule has 6 nitrogen and oxygen atoms in total. The molecule has 2 N–H and O–H groups in total. The molecule has 0 aromatic carbocycles. The summed E-state index contributed by atoms with van der Waals surface area (Å²) >= 11 is 1.61. The van der Waals surface area contributed by atoms with Gasteiger partial charge in [-0.3, -0.25) is 14.5 Å². The van der Waals surface area contributed by atoms with Gasteiger partial charge in [0.1, 0.15) is 0 Å². The molecule has 0 radical (unpaired) electrons. The molecule has 124 valence electrons. The zero-order valence-corrected chi connectivity index (χ0v) is 14.2. The van der Waals surface area contributed by atoms with E-state index < -0.39 is 0 Å². The molecule has 0 aliphatic rings. The summed E-state index contributed by atoms with van der Waals surface area (Å²) in [6.45, 7) is 3.56. The maximum Gasteiger partial charge on any atom is 0.234 e. The van der Waals surface area contributed by atoms with E-state index in [1.54, 1.807) is 30.4 Å². The van der Waals surface area contributed by atoms with Gasteiger partial charge < -0.3 is 15.4 Å². The molecule has 0 aliphatic heterocycles. The van der Waals surface area contributed by atoms with Crippen molar-refractivity contribution < 1.29 is 14.3 Å². The van der Waals surface area contributed by atoms with Crippen LogP contribution >= 0.6 is 11.3 Å². The molecular weight excluding hydrogens is 302 g/mol. The molecule has 0 aliphatic carbocycles. The first kappa shape index (κ1) is 18.6. The van der Waals surface area contributed by atoms with E-state index in [9.17, 15) is 9.59 Å². The fourth-order valence-electron chi connectivity index (χ4n) is 1.94. The highest BCUT2D eigenvalue weighted by atomic mass is 32.1. The van der Waals surface area contributed by atoms with E-state index in [0.29, 0.717) is 13.2 Å². The van der Waals surface area contributed by atoms with Gasteiger partial charge in [-0.1, -0.05) is 6.07 Å². The van der Waals surface area contributed by atoms with Crippen molar-refractivity contribution in [1.29, 1.82) is 0 Å². The Hall–Kier alpha value is -1.44. The zero-order valence-electron chi connectivity index (χ0n) is 13.4. The summed E-state index contributed by atoms with van der Waals surface area (Å²) in [5.41, 5.74) is 0. The summed E-state index contributed by atoms with van der Waals surface area (Å²) < 4.78 is 4.91. The van der Waals surface area contributed by atoms with Crippen molar-refractivity contribution in [2.75, 3.05) is 40.4 Å². The number of carbonyl (C=O) groups is 2. The molecule has 1 heterocycles. The topological polar surface area (TPSA) is 70.7 Å². The quantitative estimate of drug-likeness (QED) is 0.629. The Morgan fingerprint density at radius 3 is 2.73 bits per heavy atom. The molecule has 0 saturated heterocycles. The predicted molar refractivity (Wildman–Crippen MR) is 87.9 cm³/mol. The molecule has 0 bridgehead atoms. The number of nitrogens with one attached hydrogen (secondary N) is 2. The third-order valence-corrected chi connectivity index (χ3v) is 4.08. The van der Waals surface area contributed by atoms with Crippen LogP contribution < -0.4 is 10.6 Å². The van der Waals surface area contributed by atoms with Crippen molar-refractivity contribution >= 4 is 23.2 Å². The van der Waals surface area contributed by atoms with Crippen LogP contribution in [0.5, 0.6) is 0 Å². The average Bonchev–Trinajstić information content (AvgIpc) is 2.97. The number of hydrogen-bond donors (Lipinski definition) is 2. The first-order valence-corrected chi connectivity index (χ1v) is 8.18. The molecule has 7 heteroatoms.